The molecule has 2 heteroatoms. The van der Waals surface area contributed by atoms with E-state index in [1.165, 1.54) is 0 Å². The number of aromatic hydroxyl groups is 2. The van der Waals surface area contributed by atoms with Crippen molar-refractivity contribution in [3.63, 3.8) is 0 Å². The Labute approximate surface area is 139 Å². The maximum atomic E-state index is 10.5. The molecule has 0 spiro atoms. The van der Waals surface area contributed by atoms with Crippen LogP contribution >= 0.6 is 0 Å². The highest BCUT2D eigenvalue weighted by Crippen LogP contribution is 2.41. The quantitative estimate of drug-likeness (QED) is 0.757. The highest BCUT2D eigenvalue weighted by Gasteiger charge is 2.29. The fourth-order valence-electron chi connectivity index (χ4n) is 3.24. The molecule has 2 N–H and O–H groups in total. The van der Waals surface area contributed by atoms with E-state index in [1.54, 1.807) is 0 Å². The summed E-state index contributed by atoms with van der Waals surface area (Å²) in [6, 6.07) is 11.8. The van der Waals surface area contributed by atoms with E-state index in [-0.39, 0.29) is 0 Å². The molecule has 0 unspecified atom stereocenters. The molecule has 0 saturated carbocycles. The van der Waals surface area contributed by atoms with Gasteiger partial charge in [-0.3, -0.25) is 0 Å². The van der Waals surface area contributed by atoms with Gasteiger partial charge in [0.1, 0.15) is 11.5 Å². The zero-order valence-electron chi connectivity index (χ0n) is 14.7. The molecule has 0 aromatic heterocycles. The monoisotopic (exact) mass is 312 g/mol. The van der Waals surface area contributed by atoms with Crippen molar-refractivity contribution in [1.29, 1.82) is 0 Å². The van der Waals surface area contributed by atoms with Gasteiger partial charge in [-0.15, -0.1) is 0 Å². The third-order valence-corrected chi connectivity index (χ3v) is 4.55. The highest BCUT2D eigenvalue weighted by molar-refractivity contribution is 5.51. The number of phenolic OH excluding ortho intramolecular Hbond substituents is 2. The molecule has 124 valence electrons. The maximum absolute atomic E-state index is 10.5. The first kappa shape index (κ1) is 17.4. The zero-order chi connectivity index (χ0) is 17.0. The molecular weight excluding hydrogens is 284 g/mol. The number of hydrogen-bond donors (Lipinski definition) is 2. The van der Waals surface area contributed by atoms with Crippen molar-refractivity contribution in [2.75, 3.05) is 0 Å². The fraction of sp³-hybridized carbons (Fsp3) is 0.429. The Balaban J connectivity index is 2.41. The van der Waals surface area contributed by atoms with Crippen LogP contribution in [-0.4, -0.2) is 10.2 Å². The molecule has 2 rings (SSSR count). The van der Waals surface area contributed by atoms with E-state index in [0.29, 0.717) is 11.5 Å². The van der Waals surface area contributed by atoms with Crippen LogP contribution in [0, 0.1) is 0 Å². The van der Waals surface area contributed by atoms with E-state index >= 15 is 0 Å². The van der Waals surface area contributed by atoms with Crippen LogP contribution in [0.25, 0.3) is 0 Å². The van der Waals surface area contributed by atoms with Crippen molar-refractivity contribution in [2.45, 2.75) is 58.8 Å². The predicted molar refractivity (Wildman–Crippen MR) is 96.3 cm³/mol. The summed E-state index contributed by atoms with van der Waals surface area (Å²) in [6.07, 6.45) is 4.04. The van der Waals surface area contributed by atoms with E-state index in [2.05, 4.69) is 26.0 Å². The van der Waals surface area contributed by atoms with Crippen LogP contribution in [0.4, 0.5) is 0 Å². The Kier molecular flexibility index (Phi) is 5.35. The molecule has 2 aromatic carbocycles. The van der Waals surface area contributed by atoms with Gasteiger partial charge in [-0.1, -0.05) is 64.8 Å². The summed E-state index contributed by atoms with van der Waals surface area (Å²) in [5.74, 6) is 0.607. The fourth-order valence-corrected chi connectivity index (χ4v) is 3.24. The zero-order valence-corrected chi connectivity index (χ0v) is 14.7. The van der Waals surface area contributed by atoms with Gasteiger partial charge in [-0.25, -0.2) is 0 Å². The first-order valence-corrected chi connectivity index (χ1v) is 8.54. The van der Waals surface area contributed by atoms with E-state index in [0.717, 1.165) is 47.9 Å². The lowest BCUT2D eigenvalue weighted by Crippen LogP contribution is -2.19. The number of hydrogen-bond acceptors (Lipinski definition) is 2. The van der Waals surface area contributed by atoms with Gasteiger partial charge in [0.05, 0.1) is 0 Å². The van der Waals surface area contributed by atoms with Crippen molar-refractivity contribution < 1.29 is 10.2 Å². The Morgan fingerprint density at radius 1 is 0.739 bits per heavy atom. The molecule has 0 radical (unpaired) electrons. The first-order valence-electron chi connectivity index (χ1n) is 8.54. The molecule has 23 heavy (non-hydrogen) atoms. The van der Waals surface area contributed by atoms with E-state index in [9.17, 15) is 10.2 Å². The summed E-state index contributed by atoms with van der Waals surface area (Å²) in [6.45, 7) is 8.34. The van der Waals surface area contributed by atoms with E-state index in [4.69, 9.17) is 0 Å². The predicted octanol–water partition coefficient (Wildman–Crippen LogP) is 5.33. The lowest BCUT2D eigenvalue weighted by atomic mass is 9.76. The molecule has 0 aliphatic rings. The van der Waals surface area contributed by atoms with Crippen LogP contribution in [0.15, 0.2) is 36.4 Å². The molecular formula is C21H28O2. The molecule has 2 aromatic rings. The van der Waals surface area contributed by atoms with Gasteiger partial charge in [0, 0.05) is 16.5 Å². The van der Waals surface area contributed by atoms with Crippen LogP contribution in [-0.2, 0) is 18.3 Å². The Bertz CT molecular complexity index is 614. The van der Waals surface area contributed by atoms with Crippen molar-refractivity contribution >= 4 is 0 Å². The number of phenols is 2. The second-order valence-corrected chi connectivity index (χ2v) is 6.83. The van der Waals surface area contributed by atoms with Crippen molar-refractivity contribution in [1.82, 2.24) is 0 Å². The summed E-state index contributed by atoms with van der Waals surface area (Å²) in [5, 5.41) is 20.9. The molecule has 0 atom stereocenters. The average molecular weight is 312 g/mol. The minimum Gasteiger partial charge on any atom is -0.508 e. The maximum Gasteiger partial charge on any atom is 0.119 e. The van der Waals surface area contributed by atoms with Crippen LogP contribution in [0.1, 0.15) is 62.8 Å². The molecule has 0 fully saturated rings. The number of benzene rings is 2. The topological polar surface area (TPSA) is 40.5 Å². The minimum absolute atomic E-state index is 0.304. The number of rotatable bonds is 6. The Morgan fingerprint density at radius 2 is 1.13 bits per heavy atom. The van der Waals surface area contributed by atoms with Gasteiger partial charge in [-0.05, 0) is 36.1 Å². The van der Waals surface area contributed by atoms with Crippen LogP contribution in [0.2, 0.25) is 0 Å². The molecule has 0 saturated heterocycles. The van der Waals surface area contributed by atoms with Crippen molar-refractivity contribution in [3.8, 4) is 11.5 Å². The molecule has 0 amide bonds. The van der Waals surface area contributed by atoms with Gasteiger partial charge in [-0.2, -0.15) is 0 Å². The van der Waals surface area contributed by atoms with Gasteiger partial charge in [0.25, 0.3) is 0 Å². The minimum atomic E-state index is -0.455. The lowest BCUT2D eigenvalue weighted by molar-refractivity contribution is 0.434. The Hall–Kier alpha value is -1.96. The second-order valence-electron chi connectivity index (χ2n) is 6.83. The van der Waals surface area contributed by atoms with Crippen LogP contribution in [0.5, 0.6) is 11.5 Å². The van der Waals surface area contributed by atoms with E-state index in [1.807, 2.05) is 38.1 Å². The first-order chi connectivity index (χ1) is 10.9. The normalized spacial score (nSPS) is 11.7. The second kappa shape index (κ2) is 7.08. The SMILES string of the molecule is CCCc1ccc(C(C)(C)c2ccc(CCC)cc2O)c(O)c1. The molecule has 0 heterocycles. The van der Waals surface area contributed by atoms with Crippen molar-refractivity contribution in [3.05, 3.63) is 58.7 Å². The van der Waals surface area contributed by atoms with Crippen LogP contribution in [0.3, 0.4) is 0 Å². The number of aryl methyl sites for hydroxylation is 2. The van der Waals surface area contributed by atoms with Gasteiger partial charge in [0.15, 0.2) is 0 Å². The standard InChI is InChI=1S/C21H28O2/c1-5-7-15-9-11-17(19(22)13-15)21(3,4)18-12-10-16(8-6-2)14-20(18)23/h9-14,22-23H,5-8H2,1-4H3. The largest absolute Gasteiger partial charge is 0.508 e. The van der Waals surface area contributed by atoms with Crippen LogP contribution < -0.4 is 0 Å². The molecule has 0 bridgehead atoms. The van der Waals surface area contributed by atoms with E-state index < -0.39 is 5.41 Å². The molecule has 2 nitrogen and oxygen atoms in total. The summed E-state index contributed by atoms with van der Waals surface area (Å²) in [4.78, 5) is 0. The summed E-state index contributed by atoms with van der Waals surface area (Å²) >= 11 is 0. The summed E-state index contributed by atoms with van der Waals surface area (Å²) in [5.41, 5.74) is 3.52. The smallest absolute Gasteiger partial charge is 0.119 e. The third kappa shape index (κ3) is 3.69. The van der Waals surface area contributed by atoms with Gasteiger partial charge >= 0.3 is 0 Å². The van der Waals surface area contributed by atoms with Crippen molar-refractivity contribution in [2.24, 2.45) is 0 Å². The van der Waals surface area contributed by atoms with Gasteiger partial charge < -0.3 is 10.2 Å². The molecule has 0 aliphatic carbocycles. The summed E-state index contributed by atoms with van der Waals surface area (Å²) in [7, 11) is 0. The highest BCUT2D eigenvalue weighted by atomic mass is 16.3. The average Bonchev–Trinajstić information content (AvgIpc) is 2.47. The lowest BCUT2D eigenvalue weighted by Gasteiger charge is -2.28. The Morgan fingerprint density at radius 3 is 1.43 bits per heavy atom. The van der Waals surface area contributed by atoms with Gasteiger partial charge in [0.2, 0.25) is 0 Å². The molecule has 0 aliphatic heterocycles. The third-order valence-electron chi connectivity index (χ3n) is 4.55. The summed E-state index contributed by atoms with van der Waals surface area (Å²) < 4.78 is 0.